The van der Waals surface area contributed by atoms with E-state index in [2.05, 4.69) is 12.2 Å². The van der Waals surface area contributed by atoms with Crippen LogP contribution in [0.15, 0.2) is 59.5 Å². The van der Waals surface area contributed by atoms with Gasteiger partial charge in [0.25, 0.3) is 0 Å². The highest BCUT2D eigenvalue weighted by Gasteiger charge is 2.15. The molecule has 0 aromatic heterocycles. The maximum absolute atomic E-state index is 12.2. The Balaban J connectivity index is 1.91. The zero-order chi connectivity index (χ0) is 19.0. The fourth-order valence-corrected chi connectivity index (χ4v) is 3.80. The molecule has 0 spiro atoms. The average Bonchev–Trinajstić information content (AvgIpc) is 2.65. The number of carbonyl (C=O) groups excluding carboxylic acids is 1. The molecule has 2 N–H and O–H groups in total. The average molecular weight is 375 g/mol. The smallest absolute Gasteiger partial charge is 0.220 e. The van der Waals surface area contributed by atoms with Gasteiger partial charge in [-0.25, -0.2) is 8.42 Å². The van der Waals surface area contributed by atoms with E-state index in [-0.39, 0.29) is 22.5 Å². The molecular formula is C20H25NO4S. The molecule has 2 aromatic carbocycles. The lowest BCUT2D eigenvalue weighted by Crippen LogP contribution is -2.24. The van der Waals surface area contributed by atoms with Gasteiger partial charge >= 0.3 is 0 Å². The molecule has 0 aliphatic heterocycles. The highest BCUT2D eigenvalue weighted by Crippen LogP contribution is 2.22. The van der Waals surface area contributed by atoms with Crippen molar-refractivity contribution in [3.63, 3.8) is 0 Å². The highest BCUT2D eigenvalue weighted by atomic mass is 32.2. The number of amides is 1. The van der Waals surface area contributed by atoms with E-state index in [1.807, 2.05) is 30.3 Å². The Morgan fingerprint density at radius 2 is 1.73 bits per heavy atom. The Morgan fingerprint density at radius 3 is 2.31 bits per heavy atom. The molecular weight excluding hydrogens is 350 g/mol. The fourth-order valence-electron chi connectivity index (χ4n) is 2.77. The lowest BCUT2D eigenvalue weighted by Gasteiger charge is -2.15. The molecule has 0 saturated carbocycles. The summed E-state index contributed by atoms with van der Waals surface area (Å²) in [6.45, 7) is 2.01. The number of benzene rings is 2. The van der Waals surface area contributed by atoms with Crippen molar-refractivity contribution in [2.45, 2.75) is 37.1 Å². The first-order valence-electron chi connectivity index (χ1n) is 8.70. The van der Waals surface area contributed by atoms with Crippen LogP contribution in [0.4, 0.5) is 0 Å². The van der Waals surface area contributed by atoms with Gasteiger partial charge in [-0.2, -0.15) is 0 Å². The first-order chi connectivity index (χ1) is 12.5. The van der Waals surface area contributed by atoms with Gasteiger partial charge in [0.05, 0.1) is 17.3 Å². The van der Waals surface area contributed by atoms with E-state index in [0.717, 1.165) is 17.5 Å². The molecule has 1 atom stereocenters. The topological polar surface area (TPSA) is 83.5 Å². The summed E-state index contributed by atoms with van der Waals surface area (Å²) in [5.74, 6) is -0.138. The number of rotatable bonds is 9. The Kier molecular flexibility index (Phi) is 7.36. The molecule has 0 saturated heterocycles. The maximum atomic E-state index is 12.2. The van der Waals surface area contributed by atoms with Crippen LogP contribution in [-0.2, 0) is 21.2 Å². The molecule has 0 heterocycles. The second-order valence-electron chi connectivity index (χ2n) is 6.18. The van der Waals surface area contributed by atoms with Crippen molar-refractivity contribution < 1.29 is 18.3 Å². The maximum Gasteiger partial charge on any atom is 0.220 e. The second-order valence-corrected chi connectivity index (χ2v) is 8.29. The molecule has 0 bridgehead atoms. The fraction of sp³-hybridized carbons (Fsp3) is 0.350. The van der Waals surface area contributed by atoms with Crippen molar-refractivity contribution in [1.29, 1.82) is 0 Å². The lowest BCUT2D eigenvalue weighted by atomic mass is 9.93. The van der Waals surface area contributed by atoms with E-state index in [1.165, 1.54) is 12.1 Å². The van der Waals surface area contributed by atoms with E-state index in [0.29, 0.717) is 13.0 Å². The van der Waals surface area contributed by atoms with E-state index in [4.69, 9.17) is 5.11 Å². The number of carbonyl (C=O) groups is 1. The molecule has 0 radical (unpaired) electrons. The predicted octanol–water partition coefficient (Wildman–Crippen LogP) is 2.65. The summed E-state index contributed by atoms with van der Waals surface area (Å²) < 4.78 is 23.7. The van der Waals surface area contributed by atoms with E-state index in [9.17, 15) is 13.2 Å². The first-order valence-corrected chi connectivity index (χ1v) is 10.4. The molecule has 2 aromatic rings. The normalized spacial score (nSPS) is 12.5. The zero-order valence-electron chi connectivity index (χ0n) is 14.9. The van der Waals surface area contributed by atoms with E-state index >= 15 is 0 Å². The lowest BCUT2D eigenvalue weighted by molar-refractivity contribution is -0.121. The summed E-state index contributed by atoms with van der Waals surface area (Å²) in [5.41, 5.74) is 1.98. The number of nitrogens with one attached hydrogen (secondary N) is 1. The summed E-state index contributed by atoms with van der Waals surface area (Å²) in [6.07, 6.45) is 1.30. The van der Waals surface area contributed by atoms with Crippen molar-refractivity contribution in [3.05, 3.63) is 65.7 Å². The summed E-state index contributed by atoms with van der Waals surface area (Å²) in [7, 11) is -3.45. The largest absolute Gasteiger partial charge is 0.395 e. The van der Waals surface area contributed by atoms with Gasteiger partial charge in [-0.15, -0.1) is 0 Å². The van der Waals surface area contributed by atoms with Gasteiger partial charge in [0, 0.05) is 13.0 Å². The van der Waals surface area contributed by atoms with Crippen molar-refractivity contribution >= 4 is 15.7 Å². The van der Waals surface area contributed by atoms with E-state index < -0.39 is 16.4 Å². The second kappa shape index (κ2) is 9.50. The van der Waals surface area contributed by atoms with E-state index in [1.54, 1.807) is 12.1 Å². The monoisotopic (exact) mass is 375 g/mol. The van der Waals surface area contributed by atoms with Crippen LogP contribution in [0.5, 0.6) is 0 Å². The molecule has 0 aliphatic rings. The summed E-state index contributed by atoms with van der Waals surface area (Å²) in [4.78, 5) is 12.4. The van der Waals surface area contributed by atoms with Crippen LogP contribution in [-0.4, -0.2) is 31.8 Å². The number of aliphatic hydroxyl groups excluding tert-OH is 1. The van der Waals surface area contributed by atoms with Gasteiger partial charge in [-0.3, -0.25) is 4.79 Å². The van der Waals surface area contributed by atoms with Crippen LogP contribution < -0.4 is 5.32 Å². The van der Waals surface area contributed by atoms with Crippen LogP contribution in [0.3, 0.4) is 0 Å². The molecule has 5 nitrogen and oxygen atoms in total. The Bertz CT molecular complexity index is 801. The molecule has 1 amide bonds. The third kappa shape index (κ3) is 5.68. The minimum absolute atomic E-state index is 0.0299. The molecule has 2 rings (SSSR count). The van der Waals surface area contributed by atoms with Gasteiger partial charge in [0.15, 0.2) is 9.84 Å². The molecule has 26 heavy (non-hydrogen) atoms. The van der Waals surface area contributed by atoms with Crippen molar-refractivity contribution in [2.24, 2.45) is 0 Å². The van der Waals surface area contributed by atoms with Crippen LogP contribution in [0, 0.1) is 0 Å². The number of hydrogen-bond donors (Lipinski definition) is 2. The van der Waals surface area contributed by atoms with Crippen LogP contribution in [0.1, 0.15) is 36.8 Å². The summed E-state index contributed by atoms with van der Waals surface area (Å²) >= 11 is 0. The van der Waals surface area contributed by atoms with Crippen molar-refractivity contribution in [3.8, 4) is 0 Å². The van der Waals surface area contributed by atoms with Gasteiger partial charge in [-0.05, 0) is 35.6 Å². The predicted molar refractivity (Wildman–Crippen MR) is 102 cm³/mol. The standard InChI is InChI=1S/C20H25NO4S/c1-2-17(18-6-4-3-5-7-18)14-20(23)21-15-16-8-10-19(11-9-16)26(24,25)13-12-22/h3-11,17,22H,2,12-15H2,1H3,(H,21,23)/t17-/m0/s1. The summed E-state index contributed by atoms with van der Waals surface area (Å²) in [6, 6.07) is 16.3. The Morgan fingerprint density at radius 1 is 1.08 bits per heavy atom. The Hall–Kier alpha value is -2.18. The van der Waals surface area contributed by atoms with Crippen LogP contribution >= 0.6 is 0 Å². The molecule has 140 valence electrons. The van der Waals surface area contributed by atoms with Crippen LogP contribution in [0.2, 0.25) is 0 Å². The van der Waals surface area contributed by atoms with Gasteiger partial charge in [0.2, 0.25) is 5.91 Å². The van der Waals surface area contributed by atoms with Crippen molar-refractivity contribution in [2.75, 3.05) is 12.4 Å². The Labute approximate surface area is 155 Å². The minimum Gasteiger partial charge on any atom is -0.395 e. The first kappa shape index (κ1) is 20.1. The quantitative estimate of drug-likeness (QED) is 0.706. The molecule has 6 heteroatoms. The number of hydrogen-bond acceptors (Lipinski definition) is 4. The zero-order valence-corrected chi connectivity index (χ0v) is 15.7. The number of aliphatic hydroxyl groups is 1. The van der Waals surface area contributed by atoms with Crippen molar-refractivity contribution in [1.82, 2.24) is 5.32 Å². The number of sulfone groups is 1. The molecule has 0 unspecified atom stereocenters. The molecule has 0 fully saturated rings. The summed E-state index contributed by atoms with van der Waals surface area (Å²) in [5, 5.41) is 11.7. The SMILES string of the molecule is CC[C@@H](CC(=O)NCc1ccc(S(=O)(=O)CCO)cc1)c1ccccc1. The van der Waals surface area contributed by atoms with Crippen LogP contribution in [0.25, 0.3) is 0 Å². The third-order valence-electron chi connectivity index (χ3n) is 4.33. The molecule has 0 aliphatic carbocycles. The van der Waals surface area contributed by atoms with Gasteiger partial charge in [0.1, 0.15) is 0 Å². The van der Waals surface area contributed by atoms with Gasteiger partial charge in [-0.1, -0.05) is 49.4 Å². The minimum atomic E-state index is -3.45. The third-order valence-corrected chi connectivity index (χ3v) is 6.04. The van der Waals surface area contributed by atoms with Gasteiger partial charge < -0.3 is 10.4 Å². The highest BCUT2D eigenvalue weighted by molar-refractivity contribution is 7.91.